The van der Waals surface area contributed by atoms with E-state index >= 15 is 0 Å². The first-order chi connectivity index (χ1) is 7.73. The van der Waals surface area contributed by atoms with Gasteiger partial charge in [0.2, 0.25) is 5.91 Å². The van der Waals surface area contributed by atoms with Crippen molar-refractivity contribution < 1.29 is 9.53 Å². The molecule has 0 saturated carbocycles. The maximum atomic E-state index is 11.6. The normalized spacial score (nSPS) is 19.0. The van der Waals surface area contributed by atoms with E-state index in [1.165, 1.54) is 0 Å². The van der Waals surface area contributed by atoms with Crippen LogP contribution in [0.15, 0.2) is 30.3 Å². The van der Waals surface area contributed by atoms with Crippen LogP contribution >= 0.6 is 0 Å². The summed E-state index contributed by atoms with van der Waals surface area (Å²) in [6.45, 7) is 1.14. The number of carbonyl (C=O) groups excluding carboxylic acids is 1. The molecule has 1 aliphatic heterocycles. The fourth-order valence-electron chi connectivity index (χ4n) is 1.95. The molecular weight excluding hydrogens is 204 g/mol. The first-order valence-corrected chi connectivity index (χ1v) is 5.44. The largest absolute Gasteiger partial charge is 0.381 e. The van der Waals surface area contributed by atoms with E-state index in [-0.39, 0.29) is 5.91 Å². The zero-order chi connectivity index (χ0) is 11.4. The van der Waals surface area contributed by atoms with Crippen molar-refractivity contribution in [1.82, 2.24) is 0 Å². The Morgan fingerprint density at radius 3 is 2.44 bits per heavy atom. The number of amides is 1. The molecule has 0 atom stereocenters. The number of para-hydroxylation sites is 1. The highest BCUT2D eigenvalue weighted by molar-refractivity contribution is 5.88. The van der Waals surface area contributed by atoms with Crippen molar-refractivity contribution >= 4 is 11.6 Å². The topological polar surface area (TPSA) is 64.4 Å². The molecule has 3 N–H and O–H groups in total. The van der Waals surface area contributed by atoms with E-state index in [2.05, 4.69) is 5.32 Å². The van der Waals surface area contributed by atoms with Crippen LogP contribution in [0, 0.1) is 0 Å². The number of carbonyl (C=O) groups is 1. The zero-order valence-electron chi connectivity index (χ0n) is 9.11. The minimum absolute atomic E-state index is 0.306. The number of ether oxygens (including phenoxy) is 1. The van der Waals surface area contributed by atoms with Crippen LogP contribution < -0.4 is 11.1 Å². The van der Waals surface area contributed by atoms with Gasteiger partial charge in [0.15, 0.2) is 0 Å². The van der Waals surface area contributed by atoms with E-state index in [4.69, 9.17) is 10.5 Å². The van der Waals surface area contributed by atoms with E-state index in [1.807, 2.05) is 30.3 Å². The standard InChI is InChI=1S/C12H16N2O2/c13-11(15)12(6-8-16-9-7-12)14-10-4-2-1-3-5-10/h1-5,14H,6-9H2,(H2,13,15). The van der Waals surface area contributed by atoms with Gasteiger partial charge >= 0.3 is 0 Å². The molecule has 0 spiro atoms. The minimum Gasteiger partial charge on any atom is -0.381 e. The van der Waals surface area contributed by atoms with Crippen LogP contribution in [0.3, 0.4) is 0 Å². The molecule has 1 amide bonds. The average Bonchev–Trinajstić information content (AvgIpc) is 2.31. The van der Waals surface area contributed by atoms with Crippen LogP contribution in [-0.2, 0) is 9.53 Å². The molecule has 1 heterocycles. The van der Waals surface area contributed by atoms with Crippen molar-refractivity contribution in [2.75, 3.05) is 18.5 Å². The van der Waals surface area contributed by atoms with E-state index in [9.17, 15) is 4.79 Å². The van der Waals surface area contributed by atoms with Gasteiger partial charge in [-0.15, -0.1) is 0 Å². The maximum absolute atomic E-state index is 11.6. The molecule has 0 aliphatic carbocycles. The average molecular weight is 220 g/mol. The summed E-state index contributed by atoms with van der Waals surface area (Å²) >= 11 is 0. The summed E-state index contributed by atoms with van der Waals surface area (Å²) < 4.78 is 5.26. The van der Waals surface area contributed by atoms with Gasteiger partial charge in [-0.3, -0.25) is 4.79 Å². The second-order valence-electron chi connectivity index (χ2n) is 4.05. The van der Waals surface area contributed by atoms with Crippen LogP contribution in [0.25, 0.3) is 0 Å². The summed E-state index contributed by atoms with van der Waals surface area (Å²) in [5.74, 6) is -0.306. The van der Waals surface area contributed by atoms with Crippen molar-refractivity contribution in [2.24, 2.45) is 5.73 Å². The molecular formula is C12H16N2O2. The predicted molar refractivity (Wildman–Crippen MR) is 62.0 cm³/mol. The Morgan fingerprint density at radius 2 is 1.88 bits per heavy atom. The summed E-state index contributed by atoms with van der Waals surface area (Å²) in [5.41, 5.74) is 5.76. The Kier molecular flexibility index (Phi) is 3.10. The molecule has 86 valence electrons. The van der Waals surface area contributed by atoms with Gasteiger partial charge in [-0.25, -0.2) is 0 Å². The number of nitrogens with two attached hydrogens (primary N) is 1. The van der Waals surface area contributed by atoms with Crippen molar-refractivity contribution in [2.45, 2.75) is 18.4 Å². The fraction of sp³-hybridized carbons (Fsp3) is 0.417. The number of rotatable bonds is 3. The summed E-state index contributed by atoms with van der Waals surface area (Å²) in [6, 6.07) is 9.65. The van der Waals surface area contributed by atoms with Crippen molar-refractivity contribution in [1.29, 1.82) is 0 Å². The van der Waals surface area contributed by atoms with E-state index in [0.717, 1.165) is 5.69 Å². The maximum Gasteiger partial charge on any atom is 0.243 e. The molecule has 4 nitrogen and oxygen atoms in total. The number of hydrogen-bond acceptors (Lipinski definition) is 3. The first kappa shape index (κ1) is 11.0. The van der Waals surface area contributed by atoms with E-state index in [0.29, 0.717) is 26.1 Å². The molecule has 0 unspecified atom stereocenters. The van der Waals surface area contributed by atoms with Crippen LogP contribution in [-0.4, -0.2) is 24.7 Å². The number of nitrogens with one attached hydrogen (secondary N) is 1. The molecule has 16 heavy (non-hydrogen) atoms. The van der Waals surface area contributed by atoms with Gasteiger partial charge in [0.1, 0.15) is 5.54 Å². The molecule has 0 bridgehead atoms. The number of hydrogen-bond donors (Lipinski definition) is 2. The Labute approximate surface area is 94.8 Å². The minimum atomic E-state index is -0.653. The molecule has 2 rings (SSSR count). The lowest BCUT2D eigenvalue weighted by molar-refractivity contribution is -0.125. The highest BCUT2D eigenvalue weighted by Gasteiger charge is 2.38. The van der Waals surface area contributed by atoms with Gasteiger partial charge in [0.05, 0.1) is 0 Å². The third kappa shape index (κ3) is 2.17. The summed E-state index contributed by atoms with van der Waals surface area (Å²) in [5, 5.41) is 3.24. The Morgan fingerprint density at radius 1 is 1.25 bits per heavy atom. The molecule has 4 heteroatoms. The smallest absolute Gasteiger partial charge is 0.243 e. The molecule has 0 radical (unpaired) electrons. The number of benzene rings is 1. The van der Waals surface area contributed by atoms with Gasteiger partial charge in [-0.1, -0.05) is 18.2 Å². The van der Waals surface area contributed by atoms with Crippen molar-refractivity contribution in [3.63, 3.8) is 0 Å². The third-order valence-electron chi connectivity index (χ3n) is 2.98. The van der Waals surface area contributed by atoms with Gasteiger partial charge in [-0.2, -0.15) is 0 Å². The Hall–Kier alpha value is -1.55. The van der Waals surface area contributed by atoms with Gasteiger partial charge in [0, 0.05) is 31.7 Å². The summed E-state index contributed by atoms with van der Waals surface area (Å²) in [7, 11) is 0. The number of primary amides is 1. The van der Waals surface area contributed by atoms with E-state index < -0.39 is 5.54 Å². The fourth-order valence-corrected chi connectivity index (χ4v) is 1.95. The SMILES string of the molecule is NC(=O)C1(Nc2ccccc2)CCOCC1. The van der Waals surface area contributed by atoms with Crippen LogP contribution in [0.4, 0.5) is 5.69 Å². The first-order valence-electron chi connectivity index (χ1n) is 5.44. The summed E-state index contributed by atoms with van der Waals surface area (Å²) in [6.07, 6.45) is 1.24. The molecule has 1 aliphatic rings. The molecule has 0 aromatic heterocycles. The lowest BCUT2D eigenvalue weighted by atomic mass is 9.89. The molecule has 1 aromatic carbocycles. The summed E-state index contributed by atoms with van der Waals surface area (Å²) in [4.78, 5) is 11.6. The van der Waals surface area contributed by atoms with Crippen LogP contribution in [0.2, 0.25) is 0 Å². The highest BCUT2D eigenvalue weighted by atomic mass is 16.5. The molecule has 1 saturated heterocycles. The second-order valence-corrected chi connectivity index (χ2v) is 4.05. The van der Waals surface area contributed by atoms with Gasteiger partial charge in [-0.05, 0) is 12.1 Å². The lowest BCUT2D eigenvalue weighted by Crippen LogP contribution is -2.53. The van der Waals surface area contributed by atoms with Gasteiger partial charge in [0.25, 0.3) is 0 Å². The van der Waals surface area contributed by atoms with E-state index in [1.54, 1.807) is 0 Å². The van der Waals surface area contributed by atoms with Crippen LogP contribution in [0.1, 0.15) is 12.8 Å². The Balaban J connectivity index is 2.17. The number of anilines is 1. The highest BCUT2D eigenvalue weighted by Crippen LogP contribution is 2.25. The molecule has 1 aromatic rings. The lowest BCUT2D eigenvalue weighted by Gasteiger charge is -2.35. The van der Waals surface area contributed by atoms with Gasteiger partial charge < -0.3 is 15.8 Å². The van der Waals surface area contributed by atoms with Crippen LogP contribution in [0.5, 0.6) is 0 Å². The van der Waals surface area contributed by atoms with Crippen molar-refractivity contribution in [3.8, 4) is 0 Å². The predicted octanol–water partition coefficient (Wildman–Crippen LogP) is 1.13. The monoisotopic (exact) mass is 220 g/mol. The Bertz CT molecular complexity index is 359. The molecule has 1 fully saturated rings. The second kappa shape index (κ2) is 4.53. The quantitative estimate of drug-likeness (QED) is 0.802. The third-order valence-corrected chi connectivity index (χ3v) is 2.98. The zero-order valence-corrected chi connectivity index (χ0v) is 9.11. The van der Waals surface area contributed by atoms with Crippen molar-refractivity contribution in [3.05, 3.63) is 30.3 Å².